The molecule has 1 aromatic rings. The van der Waals surface area contributed by atoms with Crippen molar-refractivity contribution in [3.05, 3.63) is 22.7 Å². The quantitative estimate of drug-likeness (QED) is 0.459. The van der Waals surface area contributed by atoms with Crippen molar-refractivity contribution in [1.82, 2.24) is 0 Å². The average molecular weight is 299 g/mol. The van der Waals surface area contributed by atoms with Gasteiger partial charge in [-0.3, -0.25) is 4.79 Å². The first kappa shape index (κ1) is 14.7. The van der Waals surface area contributed by atoms with Gasteiger partial charge in [0, 0.05) is 11.1 Å². The summed E-state index contributed by atoms with van der Waals surface area (Å²) < 4.78 is 15.6. The van der Waals surface area contributed by atoms with Gasteiger partial charge in [-0.25, -0.2) is 4.79 Å². The van der Waals surface area contributed by atoms with E-state index in [1.165, 1.54) is 13.2 Å². The highest BCUT2D eigenvalue weighted by molar-refractivity contribution is 6.42. The number of Topliss-reactive ketones (excluding diaryl/α,β-unsaturated/α-hetero) is 1. The van der Waals surface area contributed by atoms with Crippen molar-refractivity contribution < 1.29 is 23.8 Å². The molecule has 0 aliphatic heterocycles. The summed E-state index contributed by atoms with van der Waals surface area (Å²) in [6.07, 6.45) is 1.89. The Morgan fingerprint density at radius 2 is 2.05 bits per heavy atom. The van der Waals surface area contributed by atoms with Crippen LogP contribution >= 0.6 is 11.6 Å². The van der Waals surface area contributed by atoms with Crippen LogP contribution in [-0.4, -0.2) is 31.6 Å². The average Bonchev–Trinajstić information content (AvgIpc) is 3.23. The molecule has 0 saturated heterocycles. The molecule has 0 bridgehead atoms. The van der Waals surface area contributed by atoms with Crippen molar-refractivity contribution in [1.29, 1.82) is 0 Å². The van der Waals surface area contributed by atoms with Gasteiger partial charge in [0.1, 0.15) is 0 Å². The van der Waals surface area contributed by atoms with E-state index in [-0.39, 0.29) is 29.0 Å². The summed E-state index contributed by atoms with van der Waals surface area (Å²) in [7, 11) is 1.45. The Balaban J connectivity index is 2.40. The van der Waals surface area contributed by atoms with Gasteiger partial charge in [0.25, 0.3) is 5.78 Å². The van der Waals surface area contributed by atoms with Crippen LogP contribution in [0.5, 0.6) is 11.5 Å². The summed E-state index contributed by atoms with van der Waals surface area (Å²) in [5.41, 5.74) is 0.0692. The van der Waals surface area contributed by atoms with Crippen LogP contribution in [0.15, 0.2) is 12.1 Å². The van der Waals surface area contributed by atoms with Crippen LogP contribution in [-0.2, 0) is 9.53 Å². The molecule has 1 aliphatic carbocycles. The molecule has 6 heteroatoms. The predicted molar refractivity (Wildman–Crippen MR) is 72.6 cm³/mol. The first-order valence-electron chi connectivity index (χ1n) is 6.32. The molecule has 1 aliphatic rings. The van der Waals surface area contributed by atoms with Crippen LogP contribution in [0, 0.1) is 0 Å². The summed E-state index contributed by atoms with van der Waals surface area (Å²) in [4.78, 5) is 23.7. The Bertz CT molecular complexity index is 537. The van der Waals surface area contributed by atoms with Gasteiger partial charge in [-0.1, -0.05) is 11.6 Å². The van der Waals surface area contributed by atoms with Crippen molar-refractivity contribution in [2.45, 2.75) is 25.9 Å². The van der Waals surface area contributed by atoms with E-state index in [1.807, 2.05) is 0 Å². The minimum absolute atomic E-state index is 0.0545. The lowest BCUT2D eigenvalue weighted by Gasteiger charge is -2.14. The maximum Gasteiger partial charge on any atom is 0.379 e. The van der Waals surface area contributed by atoms with Crippen LogP contribution in [0.3, 0.4) is 0 Å². The number of ether oxygens (including phenoxy) is 3. The number of halogens is 1. The number of esters is 1. The maximum absolute atomic E-state index is 12.1. The van der Waals surface area contributed by atoms with Gasteiger partial charge in [0.2, 0.25) is 0 Å². The Morgan fingerprint density at radius 1 is 1.35 bits per heavy atom. The second-order valence-electron chi connectivity index (χ2n) is 4.35. The molecule has 0 heterocycles. The molecule has 0 amide bonds. The lowest BCUT2D eigenvalue weighted by molar-refractivity contribution is -0.137. The Morgan fingerprint density at radius 3 is 2.60 bits per heavy atom. The van der Waals surface area contributed by atoms with Gasteiger partial charge in [-0.2, -0.15) is 0 Å². The number of hydrogen-bond acceptors (Lipinski definition) is 5. The lowest BCUT2D eigenvalue weighted by Crippen LogP contribution is -2.19. The van der Waals surface area contributed by atoms with Crippen LogP contribution in [0.2, 0.25) is 5.02 Å². The summed E-state index contributed by atoms with van der Waals surface area (Å²) in [6, 6.07) is 2.93. The minimum Gasteiger partial charge on any atom is -0.493 e. The molecule has 1 saturated carbocycles. The Hall–Kier alpha value is -1.75. The van der Waals surface area contributed by atoms with Crippen molar-refractivity contribution in [2.75, 3.05) is 13.7 Å². The number of carbonyl (C=O) groups is 2. The fourth-order valence-electron chi connectivity index (χ4n) is 1.67. The molecule has 0 aromatic heterocycles. The topological polar surface area (TPSA) is 61.8 Å². The smallest absolute Gasteiger partial charge is 0.379 e. The van der Waals surface area contributed by atoms with E-state index in [4.69, 9.17) is 25.8 Å². The molecule has 0 radical (unpaired) electrons. The molecular formula is C14H15ClO5. The summed E-state index contributed by atoms with van der Waals surface area (Å²) in [5.74, 6) is -1.14. The molecule has 20 heavy (non-hydrogen) atoms. The first-order chi connectivity index (χ1) is 9.56. The standard InChI is InChI=1S/C14H15ClO5/c1-3-19-14(17)12(16)10-6-8(15)7-11(18-2)13(10)20-9-4-5-9/h6-7,9H,3-5H2,1-2H3. The van der Waals surface area contributed by atoms with E-state index in [2.05, 4.69) is 0 Å². The number of carbonyl (C=O) groups excluding carboxylic acids is 2. The van der Waals surface area contributed by atoms with Gasteiger partial charge in [-0.05, 0) is 25.8 Å². The number of benzene rings is 1. The zero-order valence-electron chi connectivity index (χ0n) is 11.3. The van der Waals surface area contributed by atoms with Crippen LogP contribution in [0.1, 0.15) is 30.1 Å². The van der Waals surface area contributed by atoms with Gasteiger partial charge >= 0.3 is 5.97 Å². The van der Waals surface area contributed by atoms with Gasteiger partial charge in [0.15, 0.2) is 11.5 Å². The SMILES string of the molecule is CCOC(=O)C(=O)c1cc(Cl)cc(OC)c1OC1CC1. The van der Waals surface area contributed by atoms with Gasteiger partial charge in [-0.15, -0.1) is 0 Å². The minimum atomic E-state index is -0.933. The van der Waals surface area contributed by atoms with E-state index in [9.17, 15) is 9.59 Å². The fourth-order valence-corrected chi connectivity index (χ4v) is 1.88. The zero-order valence-corrected chi connectivity index (χ0v) is 12.0. The van der Waals surface area contributed by atoms with Crippen LogP contribution < -0.4 is 9.47 Å². The second-order valence-corrected chi connectivity index (χ2v) is 4.79. The van der Waals surface area contributed by atoms with Gasteiger partial charge in [0.05, 0.1) is 25.4 Å². The predicted octanol–water partition coefficient (Wildman–Crippen LogP) is 2.64. The monoisotopic (exact) mass is 298 g/mol. The van der Waals surface area contributed by atoms with E-state index in [0.717, 1.165) is 12.8 Å². The Kier molecular flexibility index (Phi) is 4.49. The van der Waals surface area contributed by atoms with E-state index in [0.29, 0.717) is 5.75 Å². The second kappa shape index (κ2) is 6.13. The molecule has 108 valence electrons. The van der Waals surface area contributed by atoms with Crippen molar-refractivity contribution in [2.24, 2.45) is 0 Å². The van der Waals surface area contributed by atoms with Gasteiger partial charge < -0.3 is 14.2 Å². The van der Waals surface area contributed by atoms with E-state index in [1.54, 1.807) is 13.0 Å². The third-order valence-corrected chi connectivity index (χ3v) is 2.97. The lowest BCUT2D eigenvalue weighted by atomic mass is 10.1. The van der Waals surface area contributed by atoms with Crippen molar-refractivity contribution in [3.63, 3.8) is 0 Å². The summed E-state index contributed by atoms with van der Waals surface area (Å²) in [6.45, 7) is 1.76. The fraction of sp³-hybridized carbons (Fsp3) is 0.429. The molecule has 1 aromatic carbocycles. The van der Waals surface area contributed by atoms with Crippen LogP contribution in [0.4, 0.5) is 0 Å². The molecule has 2 rings (SSSR count). The molecule has 0 unspecified atom stereocenters. The zero-order chi connectivity index (χ0) is 14.7. The first-order valence-corrected chi connectivity index (χ1v) is 6.70. The van der Waals surface area contributed by atoms with E-state index >= 15 is 0 Å². The molecular weight excluding hydrogens is 284 g/mol. The largest absolute Gasteiger partial charge is 0.493 e. The number of ketones is 1. The summed E-state index contributed by atoms with van der Waals surface area (Å²) >= 11 is 5.94. The third kappa shape index (κ3) is 3.22. The van der Waals surface area contributed by atoms with Crippen molar-refractivity contribution in [3.8, 4) is 11.5 Å². The highest BCUT2D eigenvalue weighted by Crippen LogP contribution is 2.39. The molecule has 0 spiro atoms. The number of methoxy groups -OCH3 is 1. The summed E-state index contributed by atoms with van der Waals surface area (Å²) in [5, 5.41) is 0.289. The molecule has 5 nitrogen and oxygen atoms in total. The normalized spacial score (nSPS) is 13.8. The highest BCUT2D eigenvalue weighted by atomic mass is 35.5. The highest BCUT2D eigenvalue weighted by Gasteiger charge is 2.30. The number of rotatable bonds is 6. The molecule has 1 fully saturated rings. The third-order valence-electron chi connectivity index (χ3n) is 2.75. The van der Waals surface area contributed by atoms with Crippen LogP contribution in [0.25, 0.3) is 0 Å². The number of hydrogen-bond donors (Lipinski definition) is 0. The van der Waals surface area contributed by atoms with E-state index < -0.39 is 11.8 Å². The molecule has 0 N–H and O–H groups in total. The molecule has 0 atom stereocenters. The maximum atomic E-state index is 12.1. The van der Waals surface area contributed by atoms with Crippen molar-refractivity contribution >= 4 is 23.4 Å². The Labute approximate surface area is 121 Å².